The Hall–Kier alpha value is -2.59. The summed E-state index contributed by atoms with van der Waals surface area (Å²) in [6.07, 6.45) is 0.500. The number of piperazine rings is 1. The molecule has 1 aromatic carbocycles. The molecule has 1 N–H and O–H groups in total. The molecule has 33 heavy (non-hydrogen) atoms. The topological polar surface area (TPSA) is 73.3 Å². The molecule has 10 heteroatoms. The van der Waals surface area contributed by atoms with Crippen LogP contribution >= 0.6 is 0 Å². The van der Waals surface area contributed by atoms with Crippen molar-refractivity contribution in [3.63, 3.8) is 0 Å². The number of β-amino-alcohol motifs (C(OH)–C–C–N with tert-alkyl or cyclic N) is 1. The van der Waals surface area contributed by atoms with Crippen LogP contribution in [0.3, 0.4) is 0 Å². The van der Waals surface area contributed by atoms with E-state index >= 15 is 0 Å². The van der Waals surface area contributed by atoms with E-state index in [1.54, 1.807) is 30.0 Å². The Morgan fingerprint density at radius 3 is 2.15 bits per heavy atom. The van der Waals surface area contributed by atoms with Gasteiger partial charge < -0.3 is 14.7 Å². The molecule has 2 fully saturated rings. The van der Waals surface area contributed by atoms with Crippen LogP contribution in [0.2, 0.25) is 0 Å². The first-order valence-corrected chi connectivity index (χ1v) is 11.1. The predicted octanol–water partition coefficient (Wildman–Crippen LogP) is 2.41. The van der Waals surface area contributed by atoms with Crippen LogP contribution in [0.25, 0.3) is 0 Å². The molecule has 0 radical (unpaired) electrons. The fourth-order valence-corrected chi connectivity index (χ4v) is 4.85. The molecule has 3 aliphatic rings. The standard InChI is InChI=1S/C23H28F3N3O4/c1-22(32,14-29-20(30)16-6-2-3-7-17(16)21(29)31)28-12-10-27(11-13-28)18-8-4-5-9-19(18)33-15-23(24,25)26/h2-5,8-9,16-17,32H,6-7,10-15H2,1H3. The largest absolute Gasteiger partial charge is 0.482 e. The lowest BCUT2D eigenvalue weighted by atomic mass is 9.85. The maximum absolute atomic E-state index is 12.8. The number of benzene rings is 1. The van der Waals surface area contributed by atoms with Crippen molar-refractivity contribution in [1.29, 1.82) is 0 Å². The SMILES string of the molecule is CC(O)(CN1C(=O)C2CC=CCC2C1=O)N1CCN(c2ccccc2OCC(F)(F)F)CC1. The van der Waals surface area contributed by atoms with E-state index in [0.717, 1.165) is 0 Å². The molecule has 0 bridgehead atoms. The number of amides is 2. The number of nitrogens with zero attached hydrogens (tertiary/aromatic N) is 3. The van der Waals surface area contributed by atoms with Crippen LogP contribution in [-0.2, 0) is 9.59 Å². The molecule has 1 aliphatic carbocycles. The van der Waals surface area contributed by atoms with Crippen LogP contribution in [-0.4, -0.2) is 78.0 Å². The number of carbonyl (C=O) groups excluding carboxylic acids is 2. The summed E-state index contributed by atoms with van der Waals surface area (Å²) in [4.78, 5) is 30.4. The summed E-state index contributed by atoms with van der Waals surface area (Å²) in [7, 11) is 0. The summed E-state index contributed by atoms with van der Waals surface area (Å²) in [5, 5.41) is 11.1. The fourth-order valence-electron chi connectivity index (χ4n) is 4.85. The number of ether oxygens (including phenoxy) is 1. The second-order valence-electron chi connectivity index (χ2n) is 8.98. The van der Waals surface area contributed by atoms with Gasteiger partial charge in [-0.3, -0.25) is 19.4 Å². The van der Waals surface area contributed by atoms with E-state index in [-0.39, 0.29) is 35.9 Å². The first kappa shape index (κ1) is 23.6. The van der Waals surface area contributed by atoms with Crippen molar-refractivity contribution >= 4 is 17.5 Å². The van der Waals surface area contributed by atoms with E-state index in [0.29, 0.717) is 44.7 Å². The van der Waals surface area contributed by atoms with Crippen molar-refractivity contribution in [2.24, 2.45) is 11.8 Å². The normalized spacial score (nSPS) is 25.8. The van der Waals surface area contributed by atoms with E-state index in [2.05, 4.69) is 0 Å². The van der Waals surface area contributed by atoms with Gasteiger partial charge >= 0.3 is 6.18 Å². The smallest absolute Gasteiger partial charge is 0.422 e. The molecule has 0 saturated carbocycles. The lowest BCUT2D eigenvalue weighted by Crippen LogP contribution is -2.60. The molecule has 2 saturated heterocycles. The Morgan fingerprint density at radius 2 is 1.58 bits per heavy atom. The second kappa shape index (κ2) is 8.98. The van der Waals surface area contributed by atoms with Gasteiger partial charge in [0.05, 0.1) is 24.1 Å². The monoisotopic (exact) mass is 467 g/mol. The second-order valence-corrected chi connectivity index (χ2v) is 8.98. The Labute approximate surface area is 190 Å². The Morgan fingerprint density at radius 1 is 1.00 bits per heavy atom. The van der Waals surface area contributed by atoms with E-state index in [4.69, 9.17) is 4.74 Å². The van der Waals surface area contributed by atoms with Crippen molar-refractivity contribution in [2.45, 2.75) is 31.7 Å². The zero-order valence-electron chi connectivity index (χ0n) is 18.4. The molecule has 2 heterocycles. The Kier molecular flexibility index (Phi) is 6.41. The molecule has 180 valence electrons. The van der Waals surface area contributed by atoms with Crippen LogP contribution in [0.1, 0.15) is 19.8 Å². The third-order valence-corrected chi connectivity index (χ3v) is 6.61. The molecule has 0 spiro atoms. The molecular formula is C23H28F3N3O4. The summed E-state index contributed by atoms with van der Waals surface area (Å²) >= 11 is 0. The number of alkyl halides is 3. The van der Waals surface area contributed by atoms with Crippen molar-refractivity contribution in [2.75, 3.05) is 44.2 Å². The molecule has 4 rings (SSSR count). The van der Waals surface area contributed by atoms with Gasteiger partial charge in [-0.05, 0) is 31.9 Å². The zero-order chi connectivity index (χ0) is 23.8. The van der Waals surface area contributed by atoms with Gasteiger partial charge in [-0.1, -0.05) is 24.3 Å². The van der Waals surface area contributed by atoms with Gasteiger partial charge in [0, 0.05) is 26.2 Å². The van der Waals surface area contributed by atoms with Crippen LogP contribution in [0.15, 0.2) is 36.4 Å². The number of allylic oxidation sites excluding steroid dienone is 2. The molecule has 2 aliphatic heterocycles. The lowest BCUT2D eigenvalue weighted by molar-refractivity contribution is -0.154. The number of hydrogen-bond acceptors (Lipinski definition) is 6. The van der Waals surface area contributed by atoms with Crippen LogP contribution < -0.4 is 9.64 Å². The number of anilines is 1. The minimum absolute atomic E-state index is 0.108. The third kappa shape index (κ3) is 5.01. The summed E-state index contributed by atoms with van der Waals surface area (Å²) in [6.45, 7) is 1.82. The average Bonchev–Trinajstić information content (AvgIpc) is 3.02. The predicted molar refractivity (Wildman–Crippen MR) is 114 cm³/mol. The number of likely N-dealkylation sites (tertiary alicyclic amines) is 1. The van der Waals surface area contributed by atoms with Crippen LogP contribution in [0, 0.1) is 11.8 Å². The highest BCUT2D eigenvalue weighted by atomic mass is 19.4. The Balaban J connectivity index is 1.38. The number of imide groups is 1. The lowest BCUT2D eigenvalue weighted by Gasteiger charge is -2.44. The molecule has 2 amide bonds. The summed E-state index contributed by atoms with van der Waals surface area (Å²) in [5.41, 5.74) is -0.854. The highest BCUT2D eigenvalue weighted by Crippen LogP contribution is 2.36. The third-order valence-electron chi connectivity index (χ3n) is 6.61. The quantitative estimate of drug-likeness (QED) is 0.512. The molecule has 3 atom stereocenters. The maximum atomic E-state index is 12.8. The van der Waals surface area contributed by atoms with E-state index in [1.807, 2.05) is 17.1 Å². The first-order valence-electron chi connectivity index (χ1n) is 11.1. The molecular weight excluding hydrogens is 439 g/mol. The average molecular weight is 467 g/mol. The van der Waals surface area contributed by atoms with Gasteiger partial charge in [-0.2, -0.15) is 13.2 Å². The van der Waals surface area contributed by atoms with Gasteiger partial charge in [0.15, 0.2) is 6.61 Å². The van der Waals surface area contributed by atoms with Gasteiger partial charge in [0.1, 0.15) is 11.5 Å². The summed E-state index contributed by atoms with van der Waals surface area (Å²) in [5.74, 6) is -1.00. The Bertz CT molecular complexity index is 900. The van der Waals surface area contributed by atoms with Gasteiger partial charge in [0.2, 0.25) is 11.8 Å². The number of hydrogen-bond donors (Lipinski definition) is 1. The minimum Gasteiger partial charge on any atom is -0.482 e. The van der Waals surface area contributed by atoms with Gasteiger partial charge in [-0.25, -0.2) is 0 Å². The number of fused-ring (bicyclic) bond motifs is 1. The molecule has 7 nitrogen and oxygen atoms in total. The van der Waals surface area contributed by atoms with Crippen LogP contribution in [0.4, 0.5) is 18.9 Å². The first-order chi connectivity index (χ1) is 15.6. The molecule has 3 unspecified atom stereocenters. The maximum Gasteiger partial charge on any atom is 0.422 e. The van der Waals surface area contributed by atoms with Crippen LogP contribution in [0.5, 0.6) is 5.75 Å². The van der Waals surface area contributed by atoms with E-state index in [1.165, 1.54) is 11.0 Å². The number of halogens is 3. The number of aliphatic hydroxyl groups is 1. The highest BCUT2D eigenvalue weighted by molar-refractivity contribution is 6.05. The van der Waals surface area contributed by atoms with Crippen molar-refractivity contribution < 1.29 is 32.6 Å². The highest BCUT2D eigenvalue weighted by Gasteiger charge is 2.49. The molecule has 0 aromatic heterocycles. The summed E-state index contributed by atoms with van der Waals surface area (Å²) < 4.78 is 42.8. The van der Waals surface area contributed by atoms with Crippen molar-refractivity contribution in [3.05, 3.63) is 36.4 Å². The number of carbonyl (C=O) groups is 2. The molecule has 1 aromatic rings. The van der Waals surface area contributed by atoms with E-state index < -0.39 is 18.5 Å². The van der Waals surface area contributed by atoms with Crippen molar-refractivity contribution in [3.8, 4) is 5.75 Å². The van der Waals surface area contributed by atoms with Gasteiger partial charge in [-0.15, -0.1) is 0 Å². The fraction of sp³-hybridized carbons (Fsp3) is 0.565. The zero-order valence-corrected chi connectivity index (χ0v) is 18.4. The van der Waals surface area contributed by atoms with Crippen molar-refractivity contribution in [1.82, 2.24) is 9.80 Å². The minimum atomic E-state index is -4.43. The van der Waals surface area contributed by atoms with Gasteiger partial charge in [0.25, 0.3) is 0 Å². The number of para-hydroxylation sites is 2. The van der Waals surface area contributed by atoms with E-state index in [9.17, 15) is 27.9 Å². The number of rotatable bonds is 6. The summed E-state index contributed by atoms with van der Waals surface area (Å²) in [6, 6.07) is 6.56.